The molecule has 4 aromatic rings. The number of benzene rings is 2. The van der Waals surface area contributed by atoms with E-state index in [0.29, 0.717) is 20.6 Å². The number of pyridine rings is 1. The van der Waals surface area contributed by atoms with E-state index in [1.165, 1.54) is 24.7 Å². The van der Waals surface area contributed by atoms with Gasteiger partial charge in [-0.2, -0.15) is 0 Å². The van der Waals surface area contributed by atoms with Crippen LogP contribution >= 0.6 is 27.3 Å². The van der Waals surface area contributed by atoms with Crippen molar-refractivity contribution < 1.29 is 19.1 Å². The maximum atomic E-state index is 13.0. The fraction of sp³-hybridized carbons (Fsp3) is 0.136. The number of fused-ring (bicyclic) bond motifs is 2. The average Bonchev–Trinajstić information content (AvgIpc) is 3.10. The molecule has 0 aliphatic carbocycles. The summed E-state index contributed by atoms with van der Waals surface area (Å²) in [5.74, 6) is -1.25. The van der Waals surface area contributed by atoms with Gasteiger partial charge in [0.2, 0.25) is 0 Å². The Morgan fingerprint density at radius 2 is 1.70 bits per heavy atom. The molecule has 0 N–H and O–H groups in total. The number of hydrogen-bond donors (Lipinski definition) is 0. The van der Waals surface area contributed by atoms with E-state index >= 15 is 0 Å². The Labute approximate surface area is 183 Å². The zero-order valence-corrected chi connectivity index (χ0v) is 18.5. The molecule has 2 aromatic heterocycles. The maximum Gasteiger partial charge on any atom is 0.357 e. The third-order valence-electron chi connectivity index (χ3n) is 4.88. The van der Waals surface area contributed by atoms with Gasteiger partial charge in [0.1, 0.15) is 8.62 Å². The van der Waals surface area contributed by atoms with Gasteiger partial charge < -0.3 is 9.47 Å². The largest absolute Gasteiger partial charge is 0.465 e. The molecular weight excluding hydrogens is 470 g/mol. The number of halogens is 1. The third kappa shape index (κ3) is 3.32. The monoisotopic (exact) mass is 485 g/mol. The standard InChI is InChI=1S/C22H16BrNO5S/c1-28-21(26)17-14(10-13-8-5-7-12-6-3-4-9-15(12)13)11-16(25)24-18(22(27)29-2)19(23)30-20(17)24/h3-9,11H,10H2,1-2H3. The normalized spacial score (nSPS) is 11.0. The van der Waals surface area contributed by atoms with Crippen molar-refractivity contribution in [3.8, 4) is 0 Å². The van der Waals surface area contributed by atoms with Crippen LogP contribution in [0.5, 0.6) is 0 Å². The van der Waals surface area contributed by atoms with Gasteiger partial charge in [-0.1, -0.05) is 42.5 Å². The quantitative estimate of drug-likeness (QED) is 0.399. The van der Waals surface area contributed by atoms with Gasteiger partial charge in [0.05, 0.1) is 19.8 Å². The van der Waals surface area contributed by atoms with Gasteiger partial charge >= 0.3 is 11.9 Å². The van der Waals surface area contributed by atoms with Crippen LogP contribution in [-0.4, -0.2) is 30.6 Å². The first-order valence-corrected chi connectivity index (χ1v) is 10.6. The molecule has 4 rings (SSSR count). The van der Waals surface area contributed by atoms with E-state index in [9.17, 15) is 14.4 Å². The summed E-state index contributed by atoms with van der Waals surface area (Å²) in [5, 5.41) is 2.11. The minimum absolute atomic E-state index is 0.0457. The van der Waals surface area contributed by atoms with Gasteiger partial charge in [-0.05, 0) is 44.3 Å². The van der Waals surface area contributed by atoms with E-state index in [4.69, 9.17) is 9.47 Å². The summed E-state index contributed by atoms with van der Waals surface area (Å²) in [6.07, 6.45) is 0.362. The fourth-order valence-electron chi connectivity index (χ4n) is 3.54. The minimum atomic E-state index is -0.673. The van der Waals surface area contributed by atoms with Gasteiger partial charge in [0.25, 0.3) is 5.56 Å². The summed E-state index contributed by atoms with van der Waals surface area (Å²) < 4.78 is 11.4. The van der Waals surface area contributed by atoms with Crippen LogP contribution in [0, 0.1) is 0 Å². The molecule has 0 unspecified atom stereocenters. The molecule has 0 spiro atoms. The lowest BCUT2D eigenvalue weighted by molar-refractivity contribution is 0.0583. The molecule has 152 valence electrons. The highest BCUT2D eigenvalue weighted by molar-refractivity contribution is 9.11. The molecule has 0 radical (unpaired) electrons. The van der Waals surface area contributed by atoms with Crippen LogP contribution in [0.15, 0.2) is 57.1 Å². The summed E-state index contributed by atoms with van der Waals surface area (Å²) in [6.45, 7) is 0. The Morgan fingerprint density at radius 1 is 1.00 bits per heavy atom. The number of carbonyl (C=O) groups is 2. The third-order valence-corrected chi connectivity index (χ3v) is 6.70. The summed E-state index contributed by atoms with van der Waals surface area (Å²) >= 11 is 4.43. The Kier molecular flexibility index (Phi) is 5.44. The molecule has 0 fully saturated rings. The highest BCUT2D eigenvalue weighted by atomic mass is 79.9. The highest BCUT2D eigenvalue weighted by Gasteiger charge is 2.26. The van der Waals surface area contributed by atoms with E-state index in [1.807, 2.05) is 42.5 Å². The van der Waals surface area contributed by atoms with Crippen LogP contribution in [0.4, 0.5) is 0 Å². The predicted octanol–water partition coefficient (Wildman–Crippen LogP) is 4.44. The number of nitrogens with zero attached hydrogens (tertiary/aromatic N) is 1. The Balaban J connectivity index is 1.99. The predicted molar refractivity (Wildman–Crippen MR) is 119 cm³/mol. The number of esters is 2. The topological polar surface area (TPSA) is 74.1 Å². The second-order valence-electron chi connectivity index (χ2n) is 6.55. The van der Waals surface area contributed by atoms with Gasteiger partial charge in [-0.15, -0.1) is 11.3 Å². The second-order valence-corrected chi connectivity index (χ2v) is 8.86. The summed E-state index contributed by atoms with van der Waals surface area (Å²) in [7, 11) is 2.52. The zero-order valence-electron chi connectivity index (χ0n) is 16.1. The van der Waals surface area contributed by atoms with Crippen LogP contribution in [0.25, 0.3) is 15.6 Å². The van der Waals surface area contributed by atoms with Gasteiger partial charge in [0.15, 0.2) is 5.69 Å². The molecule has 2 heterocycles. The van der Waals surface area contributed by atoms with Gasteiger partial charge in [0, 0.05) is 6.07 Å². The zero-order chi connectivity index (χ0) is 21.4. The lowest BCUT2D eigenvalue weighted by Gasteiger charge is -2.12. The molecule has 6 nitrogen and oxygen atoms in total. The minimum Gasteiger partial charge on any atom is -0.465 e. The number of aromatic nitrogens is 1. The first-order chi connectivity index (χ1) is 14.5. The Morgan fingerprint density at radius 3 is 2.43 bits per heavy atom. The molecular formula is C22H16BrNO5S. The second kappa shape index (κ2) is 8.04. The highest BCUT2D eigenvalue weighted by Crippen LogP contribution is 2.33. The number of thiazole rings is 1. The fourth-order valence-corrected chi connectivity index (χ4v) is 5.37. The number of carbonyl (C=O) groups excluding carboxylic acids is 2. The number of methoxy groups -OCH3 is 2. The molecule has 0 atom stereocenters. The lowest BCUT2D eigenvalue weighted by Crippen LogP contribution is -2.22. The van der Waals surface area contributed by atoms with Crippen molar-refractivity contribution in [3.63, 3.8) is 0 Å². The van der Waals surface area contributed by atoms with Crippen molar-refractivity contribution in [2.45, 2.75) is 6.42 Å². The average molecular weight is 486 g/mol. The van der Waals surface area contributed by atoms with E-state index in [1.54, 1.807) is 0 Å². The molecule has 0 aliphatic heterocycles. The molecule has 0 aliphatic rings. The molecule has 0 saturated heterocycles. The lowest BCUT2D eigenvalue weighted by atomic mass is 9.96. The molecule has 0 bridgehead atoms. The van der Waals surface area contributed by atoms with E-state index < -0.39 is 17.5 Å². The number of hydrogen-bond acceptors (Lipinski definition) is 6. The SMILES string of the molecule is COC(=O)c1c(Cc2cccc3ccccc23)cc(=O)n2c(C(=O)OC)c(Br)sc12. The summed E-state index contributed by atoms with van der Waals surface area (Å²) in [6, 6.07) is 15.2. The molecule has 0 amide bonds. The van der Waals surface area contributed by atoms with Crippen LogP contribution < -0.4 is 5.56 Å². The van der Waals surface area contributed by atoms with E-state index in [0.717, 1.165) is 27.7 Å². The number of ether oxygens (including phenoxy) is 2. The molecule has 30 heavy (non-hydrogen) atoms. The number of rotatable bonds is 4. The van der Waals surface area contributed by atoms with Crippen LogP contribution in [-0.2, 0) is 15.9 Å². The van der Waals surface area contributed by atoms with Crippen molar-refractivity contribution in [2.24, 2.45) is 0 Å². The molecule has 8 heteroatoms. The molecule has 2 aromatic carbocycles. The van der Waals surface area contributed by atoms with E-state index in [2.05, 4.69) is 15.9 Å². The smallest absolute Gasteiger partial charge is 0.357 e. The van der Waals surface area contributed by atoms with Crippen molar-refractivity contribution in [3.05, 3.63) is 85.1 Å². The van der Waals surface area contributed by atoms with Crippen molar-refractivity contribution in [2.75, 3.05) is 14.2 Å². The van der Waals surface area contributed by atoms with Crippen molar-refractivity contribution in [1.29, 1.82) is 0 Å². The van der Waals surface area contributed by atoms with Crippen molar-refractivity contribution >= 4 is 54.8 Å². The van der Waals surface area contributed by atoms with Crippen molar-refractivity contribution in [1.82, 2.24) is 4.40 Å². The molecule has 0 saturated carbocycles. The van der Waals surface area contributed by atoms with Crippen LogP contribution in [0.1, 0.15) is 32.0 Å². The van der Waals surface area contributed by atoms with E-state index in [-0.39, 0.29) is 11.3 Å². The maximum absolute atomic E-state index is 13.0. The summed E-state index contributed by atoms with van der Waals surface area (Å²) in [4.78, 5) is 38.2. The van der Waals surface area contributed by atoms with Gasteiger partial charge in [-0.3, -0.25) is 9.20 Å². The first-order valence-electron chi connectivity index (χ1n) is 8.96. The summed E-state index contributed by atoms with van der Waals surface area (Å²) in [5.41, 5.74) is 1.39. The first kappa shape index (κ1) is 20.3. The van der Waals surface area contributed by atoms with Crippen LogP contribution in [0.3, 0.4) is 0 Å². The Bertz CT molecular complexity index is 1370. The Hall–Kier alpha value is -2.97. The van der Waals surface area contributed by atoms with Gasteiger partial charge in [-0.25, -0.2) is 9.59 Å². The van der Waals surface area contributed by atoms with Crippen LogP contribution in [0.2, 0.25) is 0 Å².